The summed E-state index contributed by atoms with van der Waals surface area (Å²) in [6, 6.07) is 33.9. The van der Waals surface area contributed by atoms with Crippen molar-refractivity contribution in [2.75, 3.05) is 14.2 Å². The summed E-state index contributed by atoms with van der Waals surface area (Å²) in [5.74, 6) is 1.74. The minimum Gasteiger partial charge on any atom is -0.497 e. The fraction of sp³-hybridized carbons (Fsp3) is 0.0625. The first-order valence-corrected chi connectivity index (χ1v) is 11.3. The van der Waals surface area contributed by atoms with Gasteiger partial charge in [0.1, 0.15) is 11.5 Å². The maximum atomic E-state index is 5.23. The molecule has 0 saturated carbocycles. The molecule has 166 valence electrons. The zero-order valence-corrected chi connectivity index (χ0v) is 19.4. The Morgan fingerprint density at radius 3 is 1.12 bits per heavy atom. The van der Waals surface area contributed by atoms with Crippen molar-refractivity contribution in [2.45, 2.75) is 0 Å². The van der Waals surface area contributed by atoms with Crippen LogP contribution in [-0.2, 0) is 0 Å². The zero-order valence-electron chi connectivity index (χ0n) is 19.4. The first kappa shape index (κ1) is 21.5. The van der Waals surface area contributed by atoms with E-state index >= 15 is 0 Å². The Kier molecular flexibility index (Phi) is 6.13. The molecule has 0 saturated heterocycles. The third-order valence-electron chi connectivity index (χ3n) is 6.01. The van der Waals surface area contributed by atoms with Gasteiger partial charge in [0.2, 0.25) is 0 Å². The maximum absolute atomic E-state index is 5.23. The third kappa shape index (κ3) is 4.87. The molecule has 34 heavy (non-hydrogen) atoms. The fourth-order valence-corrected chi connectivity index (χ4v) is 4.06. The van der Waals surface area contributed by atoms with Gasteiger partial charge < -0.3 is 9.47 Å². The van der Waals surface area contributed by atoms with Gasteiger partial charge in [0.25, 0.3) is 0 Å². The van der Waals surface area contributed by atoms with E-state index in [1.165, 1.54) is 32.7 Å². The van der Waals surface area contributed by atoms with E-state index in [1.54, 1.807) is 14.2 Å². The van der Waals surface area contributed by atoms with E-state index in [-0.39, 0.29) is 0 Å². The van der Waals surface area contributed by atoms with Crippen LogP contribution in [0.25, 0.3) is 45.8 Å². The van der Waals surface area contributed by atoms with Gasteiger partial charge >= 0.3 is 0 Å². The first-order valence-electron chi connectivity index (χ1n) is 11.3. The summed E-state index contributed by atoms with van der Waals surface area (Å²) in [6.07, 6.45) is 8.56. The zero-order chi connectivity index (χ0) is 23.3. The highest BCUT2D eigenvalue weighted by Gasteiger charge is 2.01. The van der Waals surface area contributed by atoms with E-state index in [4.69, 9.17) is 9.47 Å². The highest BCUT2D eigenvalue weighted by Crippen LogP contribution is 2.26. The van der Waals surface area contributed by atoms with Gasteiger partial charge in [0.15, 0.2) is 0 Å². The summed E-state index contributed by atoms with van der Waals surface area (Å²) in [5, 5.41) is 4.97. The summed E-state index contributed by atoms with van der Waals surface area (Å²) in [5.41, 5.74) is 4.66. The molecule has 0 aromatic heterocycles. The molecule has 0 aliphatic carbocycles. The predicted octanol–water partition coefficient (Wildman–Crippen LogP) is 8.35. The van der Waals surface area contributed by atoms with Crippen molar-refractivity contribution in [3.63, 3.8) is 0 Å². The quantitative estimate of drug-likeness (QED) is 0.194. The van der Waals surface area contributed by atoms with Gasteiger partial charge in [-0.25, -0.2) is 0 Å². The topological polar surface area (TPSA) is 18.5 Å². The van der Waals surface area contributed by atoms with Crippen molar-refractivity contribution in [3.8, 4) is 11.5 Å². The summed E-state index contributed by atoms with van der Waals surface area (Å²) in [4.78, 5) is 0. The van der Waals surface area contributed by atoms with Gasteiger partial charge in [-0.05, 0) is 92.3 Å². The van der Waals surface area contributed by atoms with Crippen molar-refractivity contribution in [3.05, 3.63) is 119 Å². The van der Waals surface area contributed by atoms with Crippen LogP contribution in [0.5, 0.6) is 11.5 Å². The van der Waals surface area contributed by atoms with Crippen LogP contribution in [0, 0.1) is 0 Å². The van der Waals surface area contributed by atoms with E-state index in [0.29, 0.717) is 0 Å². The highest BCUT2D eigenvalue weighted by atomic mass is 16.5. The molecule has 5 rings (SSSR count). The smallest absolute Gasteiger partial charge is 0.118 e. The molecule has 5 aromatic carbocycles. The number of benzene rings is 5. The summed E-state index contributed by atoms with van der Waals surface area (Å²) in [6.45, 7) is 0. The molecule has 0 radical (unpaired) electrons. The highest BCUT2D eigenvalue weighted by molar-refractivity contribution is 6.00. The Morgan fingerprint density at radius 1 is 0.382 bits per heavy atom. The van der Waals surface area contributed by atoms with Gasteiger partial charge in [0.05, 0.1) is 14.2 Å². The van der Waals surface area contributed by atoms with Crippen LogP contribution in [0.15, 0.2) is 97.1 Å². The van der Waals surface area contributed by atoms with Crippen molar-refractivity contribution >= 4 is 45.8 Å². The van der Waals surface area contributed by atoms with Gasteiger partial charge in [0, 0.05) is 0 Å². The minimum absolute atomic E-state index is 0.870. The van der Waals surface area contributed by atoms with E-state index in [9.17, 15) is 0 Å². The Hall–Kier alpha value is -4.30. The van der Waals surface area contributed by atoms with Crippen molar-refractivity contribution in [2.24, 2.45) is 0 Å². The molecule has 0 aliphatic rings. The lowest BCUT2D eigenvalue weighted by Gasteiger charge is -2.05. The van der Waals surface area contributed by atoms with Crippen LogP contribution in [0.2, 0.25) is 0 Å². The second-order valence-corrected chi connectivity index (χ2v) is 8.28. The van der Waals surface area contributed by atoms with Crippen LogP contribution >= 0.6 is 0 Å². The molecule has 5 aromatic rings. The number of fused-ring (bicyclic) bond motifs is 2. The van der Waals surface area contributed by atoms with Crippen molar-refractivity contribution < 1.29 is 9.47 Å². The summed E-state index contributed by atoms with van der Waals surface area (Å²) < 4.78 is 10.5. The van der Waals surface area contributed by atoms with Crippen LogP contribution in [0.3, 0.4) is 0 Å². The SMILES string of the molecule is COc1ccc(C=Cc2ccc3cc4cc(C=Cc5ccc(OC)cc5)ccc4cc3c2)cc1. The Labute approximate surface area is 200 Å². The van der Waals surface area contributed by atoms with Gasteiger partial charge in [-0.2, -0.15) is 0 Å². The maximum Gasteiger partial charge on any atom is 0.118 e. The lowest BCUT2D eigenvalue weighted by Crippen LogP contribution is -1.82. The van der Waals surface area contributed by atoms with Crippen LogP contribution in [-0.4, -0.2) is 14.2 Å². The van der Waals surface area contributed by atoms with E-state index in [2.05, 4.69) is 97.1 Å². The normalized spacial score (nSPS) is 11.6. The molecule has 0 heterocycles. The number of hydrogen-bond donors (Lipinski definition) is 0. The summed E-state index contributed by atoms with van der Waals surface area (Å²) in [7, 11) is 3.37. The Morgan fingerprint density at radius 2 is 0.735 bits per heavy atom. The van der Waals surface area contributed by atoms with E-state index < -0.39 is 0 Å². The lowest BCUT2D eigenvalue weighted by molar-refractivity contribution is 0.414. The average molecular weight is 443 g/mol. The molecule has 2 nitrogen and oxygen atoms in total. The van der Waals surface area contributed by atoms with Crippen LogP contribution in [0.1, 0.15) is 22.3 Å². The fourth-order valence-electron chi connectivity index (χ4n) is 4.06. The molecule has 0 fully saturated rings. The molecule has 0 unspecified atom stereocenters. The molecule has 0 N–H and O–H groups in total. The van der Waals surface area contributed by atoms with Gasteiger partial charge in [-0.15, -0.1) is 0 Å². The summed E-state index contributed by atoms with van der Waals surface area (Å²) >= 11 is 0. The van der Waals surface area contributed by atoms with Crippen LogP contribution < -0.4 is 9.47 Å². The standard InChI is InChI=1S/C32H26O2/c1-33-31-15-9-23(10-16-31)3-5-25-7-13-27-22-30-20-26(8-14-28(30)21-29(27)19-25)6-4-24-11-17-32(34-2)18-12-24/h3-22H,1-2H3. The monoisotopic (exact) mass is 442 g/mol. The molecular formula is C32H26O2. The second kappa shape index (κ2) is 9.68. The minimum atomic E-state index is 0.870. The Balaban J connectivity index is 1.38. The number of methoxy groups -OCH3 is 2. The van der Waals surface area contributed by atoms with Crippen molar-refractivity contribution in [1.29, 1.82) is 0 Å². The largest absolute Gasteiger partial charge is 0.497 e. The van der Waals surface area contributed by atoms with Crippen molar-refractivity contribution in [1.82, 2.24) is 0 Å². The first-order chi connectivity index (χ1) is 16.7. The number of ether oxygens (including phenoxy) is 2. The second-order valence-electron chi connectivity index (χ2n) is 8.28. The molecule has 0 atom stereocenters. The molecule has 2 heteroatoms. The van der Waals surface area contributed by atoms with Gasteiger partial charge in [-0.3, -0.25) is 0 Å². The molecule has 0 bridgehead atoms. The molecule has 0 amide bonds. The third-order valence-corrected chi connectivity index (χ3v) is 6.01. The number of hydrogen-bond acceptors (Lipinski definition) is 2. The molecular weight excluding hydrogens is 416 g/mol. The average Bonchev–Trinajstić information content (AvgIpc) is 2.90. The number of rotatable bonds is 6. The van der Waals surface area contributed by atoms with Gasteiger partial charge in [-0.1, -0.05) is 72.8 Å². The van der Waals surface area contributed by atoms with Crippen LogP contribution in [0.4, 0.5) is 0 Å². The predicted molar refractivity (Wildman–Crippen MR) is 145 cm³/mol. The lowest BCUT2D eigenvalue weighted by atomic mass is 9.99. The van der Waals surface area contributed by atoms with E-state index in [0.717, 1.165) is 22.6 Å². The Bertz CT molecular complexity index is 1370. The molecule has 0 spiro atoms. The molecule has 0 aliphatic heterocycles. The van der Waals surface area contributed by atoms with E-state index in [1.807, 2.05) is 24.3 Å².